The lowest BCUT2D eigenvalue weighted by Crippen LogP contribution is -2.40. The maximum Gasteiger partial charge on any atom is 0.251 e. The van der Waals surface area contributed by atoms with Crippen molar-refractivity contribution < 1.29 is 23.7 Å². The van der Waals surface area contributed by atoms with Crippen LogP contribution >= 0.6 is 0 Å². The molecule has 1 amide bonds. The molecule has 2 aromatic rings. The molecule has 0 bridgehead atoms. The molecule has 1 N–H and O–H groups in total. The van der Waals surface area contributed by atoms with Crippen LogP contribution < -0.4 is 24.3 Å². The van der Waals surface area contributed by atoms with E-state index in [4.69, 9.17) is 18.9 Å². The summed E-state index contributed by atoms with van der Waals surface area (Å²) in [5.74, 6) is 1.85. The van der Waals surface area contributed by atoms with Crippen molar-refractivity contribution in [3.63, 3.8) is 0 Å². The number of hydrogen-bond donors (Lipinski definition) is 1. The van der Waals surface area contributed by atoms with Crippen LogP contribution in [0.3, 0.4) is 0 Å². The number of rotatable bonds is 5. The van der Waals surface area contributed by atoms with Crippen molar-refractivity contribution >= 4 is 17.7 Å². The molecule has 6 heteroatoms. The third-order valence-corrected chi connectivity index (χ3v) is 5.27. The zero-order valence-corrected chi connectivity index (χ0v) is 16.7. The summed E-state index contributed by atoms with van der Waals surface area (Å²) in [4.78, 5) is 12.4. The smallest absolute Gasteiger partial charge is 0.251 e. The van der Waals surface area contributed by atoms with Gasteiger partial charge in [-0.15, -0.1) is 0 Å². The maximum atomic E-state index is 12.4. The van der Waals surface area contributed by atoms with Crippen molar-refractivity contribution in [2.75, 3.05) is 19.5 Å². The minimum Gasteiger partial charge on any atom is -0.493 e. The number of carbonyl (C=O) groups is 1. The van der Waals surface area contributed by atoms with E-state index >= 15 is 0 Å². The van der Waals surface area contributed by atoms with Crippen molar-refractivity contribution in [3.8, 4) is 23.0 Å². The van der Waals surface area contributed by atoms with Crippen LogP contribution in [0.15, 0.2) is 42.5 Å². The van der Waals surface area contributed by atoms with E-state index in [1.165, 1.54) is 12.5 Å². The fourth-order valence-corrected chi connectivity index (χ4v) is 3.86. The highest BCUT2D eigenvalue weighted by Crippen LogP contribution is 2.46. The molecule has 4 rings (SSSR count). The molecule has 1 fully saturated rings. The monoisotopic (exact) mass is 395 g/mol. The number of nitrogens with one attached hydrogen (secondary N) is 1. The number of para-hydroxylation sites is 1. The van der Waals surface area contributed by atoms with Gasteiger partial charge >= 0.3 is 0 Å². The molecular weight excluding hydrogens is 370 g/mol. The Morgan fingerprint density at radius 3 is 2.59 bits per heavy atom. The van der Waals surface area contributed by atoms with Crippen LogP contribution in [0.1, 0.15) is 37.7 Å². The Morgan fingerprint density at radius 1 is 1.03 bits per heavy atom. The number of benzene rings is 2. The molecule has 0 radical (unpaired) electrons. The van der Waals surface area contributed by atoms with Crippen LogP contribution in [0, 0.1) is 0 Å². The minimum absolute atomic E-state index is 0.249. The average Bonchev–Trinajstić information content (AvgIpc) is 3.08. The van der Waals surface area contributed by atoms with Gasteiger partial charge in [0.1, 0.15) is 0 Å². The number of fused-ring (bicyclic) bond motifs is 1. The molecule has 0 aromatic heterocycles. The first-order valence-corrected chi connectivity index (χ1v) is 9.85. The van der Waals surface area contributed by atoms with E-state index in [9.17, 15) is 4.79 Å². The summed E-state index contributed by atoms with van der Waals surface area (Å²) in [6.07, 6.45) is 8.39. The van der Waals surface area contributed by atoms with E-state index in [1.54, 1.807) is 20.3 Å². The quantitative estimate of drug-likeness (QED) is 0.738. The zero-order chi connectivity index (χ0) is 20.3. The van der Waals surface area contributed by atoms with Gasteiger partial charge < -0.3 is 24.3 Å². The van der Waals surface area contributed by atoms with Gasteiger partial charge in [0, 0.05) is 36.2 Å². The van der Waals surface area contributed by atoms with Gasteiger partial charge in [0.05, 0.1) is 14.2 Å². The summed E-state index contributed by atoms with van der Waals surface area (Å²) in [6.45, 7) is 0. The molecule has 1 aliphatic heterocycles. The average molecular weight is 395 g/mol. The van der Waals surface area contributed by atoms with Crippen LogP contribution in [0.4, 0.5) is 5.69 Å². The first kappa shape index (κ1) is 19.2. The summed E-state index contributed by atoms with van der Waals surface area (Å²) in [6, 6.07) is 11.0. The number of ether oxygens (including phenoxy) is 4. The predicted octanol–water partition coefficient (Wildman–Crippen LogP) is 4.79. The Morgan fingerprint density at radius 2 is 1.83 bits per heavy atom. The second-order valence-corrected chi connectivity index (χ2v) is 7.24. The van der Waals surface area contributed by atoms with Gasteiger partial charge in [-0.1, -0.05) is 18.6 Å². The van der Waals surface area contributed by atoms with E-state index < -0.39 is 5.79 Å². The SMILES string of the molecule is COc1cccc(/C=C/C(=O)Nc2ccc3c(c2)OC2(CCCCC2)O3)c1OC. The molecule has 0 atom stereocenters. The number of hydrogen-bond acceptors (Lipinski definition) is 5. The van der Waals surface area contributed by atoms with Crippen LogP contribution in [0.2, 0.25) is 0 Å². The molecular formula is C23H25NO5. The van der Waals surface area contributed by atoms with E-state index in [0.717, 1.165) is 37.0 Å². The summed E-state index contributed by atoms with van der Waals surface area (Å²) < 4.78 is 22.9. The third kappa shape index (κ3) is 4.01. The first-order chi connectivity index (χ1) is 14.1. The largest absolute Gasteiger partial charge is 0.493 e. The number of anilines is 1. The molecule has 1 heterocycles. The molecule has 29 heavy (non-hydrogen) atoms. The molecule has 0 unspecified atom stereocenters. The molecule has 152 valence electrons. The second-order valence-electron chi connectivity index (χ2n) is 7.24. The fourth-order valence-electron chi connectivity index (χ4n) is 3.86. The minimum atomic E-state index is -0.522. The summed E-state index contributed by atoms with van der Waals surface area (Å²) in [5, 5.41) is 2.87. The highest BCUT2D eigenvalue weighted by atomic mass is 16.7. The summed E-state index contributed by atoms with van der Waals surface area (Å²) in [5.41, 5.74) is 1.42. The lowest BCUT2D eigenvalue weighted by Gasteiger charge is -2.31. The molecule has 0 saturated heterocycles. The Hall–Kier alpha value is -3.15. The summed E-state index contributed by atoms with van der Waals surface area (Å²) in [7, 11) is 3.15. The molecule has 6 nitrogen and oxygen atoms in total. The fraction of sp³-hybridized carbons (Fsp3) is 0.348. The normalized spacial score (nSPS) is 16.8. The van der Waals surface area contributed by atoms with Crippen molar-refractivity contribution in [3.05, 3.63) is 48.0 Å². The van der Waals surface area contributed by atoms with Gasteiger partial charge in [-0.25, -0.2) is 0 Å². The molecule has 1 spiro atoms. The lowest BCUT2D eigenvalue weighted by molar-refractivity contribution is -0.111. The highest BCUT2D eigenvalue weighted by Gasteiger charge is 2.42. The number of amides is 1. The highest BCUT2D eigenvalue weighted by molar-refractivity contribution is 6.02. The lowest BCUT2D eigenvalue weighted by atomic mass is 9.94. The second kappa shape index (κ2) is 8.07. The van der Waals surface area contributed by atoms with E-state index in [0.29, 0.717) is 22.9 Å². The van der Waals surface area contributed by atoms with Gasteiger partial charge in [0.15, 0.2) is 23.0 Å². The molecule has 2 aliphatic rings. The van der Waals surface area contributed by atoms with E-state index in [-0.39, 0.29) is 5.91 Å². The van der Waals surface area contributed by atoms with Gasteiger partial charge in [0.25, 0.3) is 5.79 Å². The van der Waals surface area contributed by atoms with E-state index in [1.807, 2.05) is 36.4 Å². The zero-order valence-electron chi connectivity index (χ0n) is 16.7. The standard InChI is InChI=1S/C23H25NO5/c1-26-19-8-6-7-16(22(19)27-2)9-12-21(25)24-17-10-11-18-20(15-17)29-23(28-18)13-4-3-5-14-23/h6-12,15H,3-5,13-14H2,1-2H3,(H,24,25)/b12-9+. The van der Waals surface area contributed by atoms with E-state index in [2.05, 4.69) is 5.32 Å². The Bertz CT molecular complexity index is 931. The van der Waals surface area contributed by atoms with Gasteiger partial charge in [0.2, 0.25) is 5.91 Å². The molecule has 2 aromatic carbocycles. The Balaban J connectivity index is 1.44. The molecule has 1 saturated carbocycles. The third-order valence-electron chi connectivity index (χ3n) is 5.27. The van der Waals surface area contributed by atoms with Crippen LogP contribution in [-0.4, -0.2) is 25.9 Å². The Kier molecular flexibility index (Phi) is 5.34. The van der Waals surface area contributed by atoms with Gasteiger partial charge in [-0.05, 0) is 37.1 Å². The predicted molar refractivity (Wildman–Crippen MR) is 111 cm³/mol. The topological polar surface area (TPSA) is 66.0 Å². The first-order valence-electron chi connectivity index (χ1n) is 9.85. The van der Waals surface area contributed by atoms with Crippen LogP contribution in [0.25, 0.3) is 6.08 Å². The van der Waals surface area contributed by atoms with Crippen LogP contribution in [0.5, 0.6) is 23.0 Å². The van der Waals surface area contributed by atoms with Crippen molar-refractivity contribution in [1.29, 1.82) is 0 Å². The van der Waals surface area contributed by atoms with Crippen molar-refractivity contribution in [2.45, 2.75) is 37.9 Å². The number of carbonyl (C=O) groups excluding carboxylic acids is 1. The van der Waals surface area contributed by atoms with Crippen LogP contribution in [-0.2, 0) is 4.79 Å². The summed E-state index contributed by atoms with van der Waals surface area (Å²) >= 11 is 0. The Labute approximate surface area is 170 Å². The van der Waals surface area contributed by atoms with Crippen molar-refractivity contribution in [2.24, 2.45) is 0 Å². The number of methoxy groups -OCH3 is 2. The van der Waals surface area contributed by atoms with Gasteiger partial charge in [-0.2, -0.15) is 0 Å². The van der Waals surface area contributed by atoms with Gasteiger partial charge in [-0.3, -0.25) is 4.79 Å². The van der Waals surface area contributed by atoms with Crippen molar-refractivity contribution in [1.82, 2.24) is 0 Å². The maximum absolute atomic E-state index is 12.4. The molecule has 1 aliphatic carbocycles.